The third kappa shape index (κ3) is 4.11. The summed E-state index contributed by atoms with van der Waals surface area (Å²) in [4.78, 5) is 0. The van der Waals surface area contributed by atoms with Gasteiger partial charge in [-0.3, -0.25) is 0 Å². The lowest BCUT2D eigenvalue weighted by molar-refractivity contribution is 0.303. The Hall–Kier alpha value is -1.76. The minimum atomic E-state index is 0.00925. The summed E-state index contributed by atoms with van der Waals surface area (Å²) in [6.07, 6.45) is 8.82. The predicted molar refractivity (Wildman–Crippen MR) is 125 cm³/mol. The summed E-state index contributed by atoms with van der Waals surface area (Å²) >= 11 is 0. The van der Waals surface area contributed by atoms with Crippen molar-refractivity contribution in [1.29, 1.82) is 0 Å². The third-order valence-corrected chi connectivity index (χ3v) is 8.34. The highest BCUT2D eigenvalue weighted by molar-refractivity contribution is 5.46. The average Bonchev–Trinajstić information content (AvgIpc) is 3.52. The van der Waals surface area contributed by atoms with Crippen LogP contribution in [0.5, 0.6) is 5.75 Å². The molecule has 1 nitrogen and oxygen atoms in total. The minimum absolute atomic E-state index is 0.00925. The summed E-state index contributed by atoms with van der Waals surface area (Å²) in [7, 11) is 0. The summed E-state index contributed by atoms with van der Waals surface area (Å²) < 4.78 is 0. The molecule has 1 unspecified atom stereocenters. The van der Waals surface area contributed by atoms with E-state index in [1.165, 1.54) is 54.4 Å². The fourth-order valence-corrected chi connectivity index (χ4v) is 5.49. The standard InChI is InChI=1S/C28H40O/c1-7-27(16-17-27)22(6)10-11-23-12-13-24(18-20(23)4)28(8-2,9-3)25-14-15-26(29)21(5)19-25/h12-15,18-19,22,29H,7-11,16-17H2,1-6H3. The number of benzene rings is 2. The van der Waals surface area contributed by atoms with Crippen molar-refractivity contribution in [3.63, 3.8) is 0 Å². The molecular formula is C28H40O. The molecule has 0 saturated heterocycles. The molecule has 0 heterocycles. The van der Waals surface area contributed by atoms with Crippen molar-refractivity contribution in [3.8, 4) is 5.75 Å². The van der Waals surface area contributed by atoms with Crippen LogP contribution in [0, 0.1) is 25.2 Å². The van der Waals surface area contributed by atoms with Crippen LogP contribution in [0.15, 0.2) is 36.4 Å². The van der Waals surface area contributed by atoms with Gasteiger partial charge in [0, 0.05) is 5.41 Å². The van der Waals surface area contributed by atoms with Crippen LogP contribution in [0.3, 0.4) is 0 Å². The summed E-state index contributed by atoms with van der Waals surface area (Å²) in [5, 5.41) is 9.99. The van der Waals surface area contributed by atoms with Crippen LogP contribution < -0.4 is 0 Å². The summed E-state index contributed by atoms with van der Waals surface area (Å²) in [6.45, 7) is 13.7. The van der Waals surface area contributed by atoms with Gasteiger partial charge in [0.05, 0.1) is 0 Å². The number of phenols is 1. The molecule has 1 fully saturated rings. The topological polar surface area (TPSA) is 20.2 Å². The Bertz CT molecular complexity index is 839. The van der Waals surface area contributed by atoms with Gasteiger partial charge < -0.3 is 5.11 Å². The van der Waals surface area contributed by atoms with Gasteiger partial charge in [-0.15, -0.1) is 0 Å². The molecule has 2 aromatic carbocycles. The predicted octanol–water partition coefficient (Wildman–Crippen LogP) is 7.87. The van der Waals surface area contributed by atoms with Crippen LogP contribution in [0.1, 0.15) is 94.0 Å². The number of phenolic OH excluding ortho intramolecular Hbond substituents is 1. The van der Waals surface area contributed by atoms with E-state index < -0.39 is 0 Å². The first-order valence-corrected chi connectivity index (χ1v) is 11.7. The van der Waals surface area contributed by atoms with E-state index in [1.54, 1.807) is 0 Å². The Labute approximate surface area is 178 Å². The molecule has 0 spiro atoms. The number of aromatic hydroxyl groups is 1. The van der Waals surface area contributed by atoms with Crippen LogP contribution in [-0.4, -0.2) is 5.11 Å². The van der Waals surface area contributed by atoms with Gasteiger partial charge in [-0.2, -0.15) is 0 Å². The molecule has 0 aromatic heterocycles. The van der Waals surface area contributed by atoms with Crippen LogP contribution in [0.25, 0.3) is 0 Å². The zero-order valence-electron chi connectivity index (χ0n) is 19.4. The molecule has 1 saturated carbocycles. The molecule has 0 aliphatic heterocycles. The van der Waals surface area contributed by atoms with Crippen LogP contribution in [0.4, 0.5) is 0 Å². The maximum absolute atomic E-state index is 9.99. The number of aryl methyl sites for hydroxylation is 3. The fraction of sp³-hybridized carbons (Fsp3) is 0.571. The SMILES string of the molecule is CCC(CC)(c1ccc(O)c(C)c1)c1ccc(CCC(C)C2(CC)CC2)c(C)c1. The molecule has 1 N–H and O–H groups in total. The van der Waals surface area contributed by atoms with Crippen LogP contribution in [0.2, 0.25) is 0 Å². The lowest BCUT2D eigenvalue weighted by Gasteiger charge is -2.34. The van der Waals surface area contributed by atoms with Crippen molar-refractivity contribution >= 4 is 0 Å². The van der Waals surface area contributed by atoms with Crippen molar-refractivity contribution in [2.75, 3.05) is 0 Å². The summed E-state index contributed by atoms with van der Waals surface area (Å²) in [6, 6.07) is 13.3. The Kier molecular flexibility index (Phi) is 6.46. The summed E-state index contributed by atoms with van der Waals surface area (Å²) in [5.74, 6) is 1.22. The van der Waals surface area contributed by atoms with Crippen molar-refractivity contribution in [1.82, 2.24) is 0 Å². The van der Waals surface area contributed by atoms with E-state index in [0.717, 1.165) is 24.3 Å². The highest BCUT2D eigenvalue weighted by Gasteiger charge is 2.44. The van der Waals surface area contributed by atoms with Crippen molar-refractivity contribution < 1.29 is 5.11 Å². The first-order chi connectivity index (χ1) is 13.8. The Balaban J connectivity index is 1.85. The number of hydrogen-bond donors (Lipinski definition) is 1. The van der Waals surface area contributed by atoms with E-state index in [-0.39, 0.29) is 5.41 Å². The molecule has 0 bridgehead atoms. The molecule has 1 atom stereocenters. The van der Waals surface area contributed by atoms with Crippen molar-refractivity contribution in [2.24, 2.45) is 11.3 Å². The molecule has 158 valence electrons. The van der Waals surface area contributed by atoms with E-state index in [9.17, 15) is 5.11 Å². The van der Waals surface area contributed by atoms with Crippen LogP contribution in [-0.2, 0) is 11.8 Å². The van der Waals surface area contributed by atoms with Gasteiger partial charge in [0.15, 0.2) is 0 Å². The first-order valence-electron chi connectivity index (χ1n) is 11.7. The zero-order chi connectivity index (χ0) is 21.2. The van der Waals surface area contributed by atoms with Gasteiger partial charge in [-0.05, 0) is 97.6 Å². The van der Waals surface area contributed by atoms with Gasteiger partial charge in [0.1, 0.15) is 5.75 Å². The Morgan fingerprint density at radius 3 is 2.00 bits per heavy atom. The zero-order valence-corrected chi connectivity index (χ0v) is 19.4. The maximum atomic E-state index is 9.99. The number of rotatable bonds is 9. The largest absolute Gasteiger partial charge is 0.508 e. The van der Waals surface area contributed by atoms with E-state index >= 15 is 0 Å². The van der Waals surface area contributed by atoms with Gasteiger partial charge in [0.2, 0.25) is 0 Å². The van der Waals surface area contributed by atoms with Gasteiger partial charge in [-0.25, -0.2) is 0 Å². The second kappa shape index (κ2) is 8.54. The molecule has 1 aliphatic rings. The molecule has 1 aliphatic carbocycles. The van der Waals surface area contributed by atoms with Gasteiger partial charge >= 0.3 is 0 Å². The minimum Gasteiger partial charge on any atom is -0.508 e. The normalized spacial score (nSPS) is 16.6. The van der Waals surface area contributed by atoms with E-state index in [2.05, 4.69) is 65.0 Å². The first kappa shape index (κ1) is 21.9. The molecular weight excluding hydrogens is 352 g/mol. The maximum Gasteiger partial charge on any atom is 0.118 e. The fourth-order valence-electron chi connectivity index (χ4n) is 5.49. The van der Waals surface area contributed by atoms with Crippen molar-refractivity contribution in [2.45, 2.75) is 91.9 Å². The summed E-state index contributed by atoms with van der Waals surface area (Å²) in [5.41, 5.74) is 7.29. The highest BCUT2D eigenvalue weighted by atomic mass is 16.3. The highest BCUT2D eigenvalue weighted by Crippen LogP contribution is 2.55. The lowest BCUT2D eigenvalue weighted by Crippen LogP contribution is -2.26. The number of hydrogen-bond acceptors (Lipinski definition) is 1. The van der Waals surface area contributed by atoms with E-state index in [4.69, 9.17) is 0 Å². The molecule has 0 amide bonds. The second-order valence-corrected chi connectivity index (χ2v) is 9.59. The molecule has 0 radical (unpaired) electrons. The van der Waals surface area contributed by atoms with Crippen LogP contribution >= 0.6 is 0 Å². The smallest absolute Gasteiger partial charge is 0.118 e. The van der Waals surface area contributed by atoms with E-state index in [1.807, 2.05) is 13.0 Å². The Morgan fingerprint density at radius 1 is 0.931 bits per heavy atom. The molecule has 1 heteroatoms. The molecule has 29 heavy (non-hydrogen) atoms. The monoisotopic (exact) mass is 392 g/mol. The molecule has 2 aromatic rings. The third-order valence-electron chi connectivity index (χ3n) is 8.34. The Morgan fingerprint density at radius 2 is 1.52 bits per heavy atom. The molecule has 3 rings (SSSR count). The van der Waals surface area contributed by atoms with E-state index in [0.29, 0.717) is 11.2 Å². The second-order valence-electron chi connectivity index (χ2n) is 9.59. The average molecular weight is 393 g/mol. The van der Waals surface area contributed by atoms with Crippen molar-refractivity contribution in [3.05, 3.63) is 64.2 Å². The lowest BCUT2D eigenvalue weighted by atomic mass is 9.69. The van der Waals surface area contributed by atoms with Gasteiger partial charge in [-0.1, -0.05) is 64.4 Å². The van der Waals surface area contributed by atoms with Gasteiger partial charge in [0.25, 0.3) is 0 Å². The quantitative estimate of drug-likeness (QED) is 0.460.